The van der Waals surface area contributed by atoms with Gasteiger partial charge in [-0.05, 0) is 79.7 Å². The van der Waals surface area contributed by atoms with Crippen LogP contribution in [0.5, 0.6) is 0 Å². The fourth-order valence-electron chi connectivity index (χ4n) is 6.47. The molecular weight excluding hydrogens is 547 g/mol. The van der Waals surface area contributed by atoms with Gasteiger partial charge in [0.1, 0.15) is 22.5 Å². The number of benzene rings is 6. The van der Waals surface area contributed by atoms with E-state index < -0.39 is 0 Å². The molecule has 9 aromatic rings. The van der Waals surface area contributed by atoms with Gasteiger partial charge in [-0.25, -0.2) is 0 Å². The molecule has 0 aliphatic heterocycles. The second-order valence-electron chi connectivity index (χ2n) is 10.9. The van der Waals surface area contributed by atoms with Crippen molar-refractivity contribution in [3.05, 3.63) is 139 Å². The highest BCUT2D eigenvalue weighted by Gasteiger charge is 2.21. The second kappa shape index (κ2) is 9.35. The lowest BCUT2D eigenvalue weighted by Gasteiger charge is -2.26. The van der Waals surface area contributed by atoms with E-state index in [9.17, 15) is 0 Å². The van der Waals surface area contributed by atoms with Crippen LogP contribution in [-0.4, -0.2) is 0 Å². The largest absolute Gasteiger partial charge is 0.456 e. The van der Waals surface area contributed by atoms with Gasteiger partial charge in [-0.1, -0.05) is 60.7 Å². The van der Waals surface area contributed by atoms with Crippen LogP contribution in [0.4, 0.5) is 17.1 Å². The van der Waals surface area contributed by atoms with E-state index in [2.05, 4.69) is 127 Å². The second-order valence-corrected chi connectivity index (χ2v) is 12.0. The molecule has 9 rings (SSSR count). The van der Waals surface area contributed by atoms with Gasteiger partial charge in [0, 0.05) is 53.4 Å². The Labute approximate surface area is 251 Å². The van der Waals surface area contributed by atoms with Gasteiger partial charge in [-0.15, -0.1) is 11.3 Å². The third kappa shape index (κ3) is 3.67. The van der Waals surface area contributed by atoms with Crippen molar-refractivity contribution in [2.24, 2.45) is 0 Å². The van der Waals surface area contributed by atoms with Gasteiger partial charge in [0.25, 0.3) is 0 Å². The molecule has 204 valence electrons. The smallest absolute Gasteiger partial charge is 0.146 e. The summed E-state index contributed by atoms with van der Waals surface area (Å²) in [4.78, 5) is 2.36. The Morgan fingerprint density at radius 3 is 2.09 bits per heavy atom. The summed E-state index contributed by atoms with van der Waals surface area (Å²) in [5, 5.41) is 5.78. The zero-order valence-electron chi connectivity index (χ0n) is 23.4. The summed E-state index contributed by atoms with van der Waals surface area (Å²) in [6, 6.07) is 47.0. The highest BCUT2D eigenvalue weighted by molar-refractivity contribution is 7.26. The van der Waals surface area contributed by atoms with Crippen molar-refractivity contribution in [3.8, 4) is 11.3 Å². The first kappa shape index (κ1) is 24.3. The van der Waals surface area contributed by atoms with Crippen LogP contribution >= 0.6 is 11.3 Å². The molecule has 0 bridgehead atoms. The van der Waals surface area contributed by atoms with Crippen molar-refractivity contribution >= 4 is 81.5 Å². The SMILES string of the molecule is Cc1c(-c2ccc(N(c3ccccc3)c3cccc4sc5ccccc5c34)cc2)oc2c1ccc1oc3ccccc3c12. The Morgan fingerprint density at radius 2 is 1.23 bits per heavy atom. The Bertz CT molecular complexity index is 2460. The van der Waals surface area contributed by atoms with E-state index in [1.807, 2.05) is 29.5 Å². The van der Waals surface area contributed by atoms with Crippen molar-refractivity contribution in [2.45, 2.75) is 6.92 Å². The molecule has 43 heavy (non-hydrogen) atoms. The lowest BCUT2D eigenvalue weighted by atomic mass is 10.0. The van der Waals surface area contributed by atoms with E-state index in [0.717, 1.165) is 61.2 Å². The zero-order chi connectivity index (χ0) is 28.5. The fraction of sp³-hybridized carbons (Fsp3) is 0.0256. The van der Waals surface area contributed by atoms with E-state index in [1.165, 1.54) is 25.9 Å². The lowest BCUT2D eigenvalue weighted by molar-refractivity contribution is 0.631. The molecule has 0 aliphatic rings. The van der Waals surface area contributed by atoms with Crippen LogP contribution in [0.1, 0.15) is 5.56 Å². The average Bonchev–Trinajstić information content (AvgIpc) is 3.73. The van der Waals surface area contributed by atoms with E-state index in [4.69, 9.17) is 8.83 Å². The third-order valence-corrected chi connectivity index (χ3v) is 9.60. The van der Waals surface area contributed by atoms with E-state index in [-0.39, 0.29) is 0 Å². The number of nitrogens with zero attached hydrogens (tertiary/aromatic N) is 1. The molecule has 0 N–H and O–H groups in total. The number of anilines is 3. The summed E-state index contributed by atoms with van der Waals surface area (Å²) < 4.78 is 15.4. The number of aryl methyl sites for hydroxylation is 1. The molecule has 3 heterocycles. The molecule has 4 heteroatoms. The number of rotatable bonds is 4. The van der Waals surface area contributed by atoms with Crippen molar-refractivity contribution in [1.29, 1.82) is 0 Å². The topological polar surface area (TPSA) is 29.5 Å². The molecule has 0 aliphatic carbocycles. The number of hydrogen-bond donors (Lipinski definition) is 0. The maximum Gasteiger partial charge on any atom is 0.146 e. The molecule has 0 fully saturated rings. The van der Waals surface area contributed by atoms with Crippen LogP contribution in [-0.2, 0) is 0 Å². The third-order valence-electron chi connectivity index (χ3n) is 8.47. The molecule has 0 amide bonds. The first-order valence-corrected chi connectivity index (χ1v) is 15.3. The highest BCUT2D eigenvalue weighted by atomic mass is 32.1. The Balaban J connectivity index is 1.21. The van der Waals surface area contributed by atoms with E-state index in [0.29, 0.717) is 0 Å². The molecular formula is C39H25NO2S. The number of furan rings is 2. The average molecular weight is 572 g/mol. The summed E-state index contributed by atoms with van der Waals surface area (Å²) >= 11 is 1.84. The molecule has 6 aromatic carbocycles. The maximum absolute atomic E-state index is 6.66. The van der Waals surface area contributed by atoms with Crippen LogP contribution in [0, 0.1) is 6.92 Å². The number of fused-ring (bicyclic) bond motifs is 8. The number of hydrogen-bond acceptors (Lipinski definition) is 4. The summed E-state index contributed by atoms with van der Waals surface area (Å²) in [6.45, 7) is 2.14. The Morgan fingerprint density at radius 1 is 0.512 bits per heavy atom. The van der Waals surface area contributed by atoms with Crippen LogP contribution in [0.2, 0.25) is 0 Å². The monoisotopic (exact) mass is 571 g/mol. The van der Waals surface area contributed by atoms with Crippen LogP contribution in [0.3, 0.4) is 0 Å². The van der Waals surface area contributed by atoms with Gasteiger partial charge < -0.3 is 13.7 Å². The quantitative estimate of drug-likeness (QED) is 0.210. The normalized spacial score (nSPS) is 11.8. The minimum Gasteiger partial charge on any atom is -0.456 e. The Kier molecular flexibility index (Phi) is 5.28. The molecule has 3 aromatic heterocycles. The molecule has 3 nitrogen and oxygen atoms in total. The van der Waals surface area contributed by atoms with Crippen LogP contribution < -0.4 is 4.90 Å². The standard InChI is InChI=1S/C39H25NO2S/c1-24-28-22-23-33-37(29-12-5-7-15-32(29)41-33)39(28)42-38(24)25-18-20-27(21-19-25)40(26-10-3-2-4-11-26)31-14-9-17-35-36(31)30-13-6-8-16-34(30)43-35/h2-23H,1H3. The van der Waals surface area contributed by atoms with Crippen molar-refractivity contribution in [2.75, 3.05) is 4.90 Å². The number of thiophene rings is 1. The van der Waals surface area contributed by atoms with Crippen LogP contribution in [0.15, 0.2) is 142 Å². The predicted molar refractivity (Wildman–Crippen MR) is 181 cm³/mol. The lowest BCUT2D eigenvalue weighted by Crippen LogP contribution is -2.10. The molecule has 0 atom stereocenters. The minimum atomic E-state index is 0.845. The molecule has 0 unspecified atom stereocenters. The fourth-order valence-corrected chi connectivity index (χ4v) is 7.60. The van der Waals surface area contributed by atoms with Crippen molar-refractivity contribution in [3.63, 3.8) is 0 Å². The predicted octanol–water partition coefficient (Wildman–Crippen LogP) is 12.1. The van der Waals surface area contributed by atoms with Gasteiger partial charge in [0.15, 0.2) is 0 Å². The van der Waals surface area contributed by atoms with Gasteiger partial charge in [-0.2, -0.15) is 0 Å². The first-order chi connectivity index (χ1) is 21.2. The molecule has 0 saturated heterocycles. The maximum atomic E-state index is 6.66. The molecule has 0 saturated carbocycles. The minimum absolute atomic E-state index is 0.845. The summed E-state index contributed by atoms with van der Waals surface area (Å²) in [5.74, 6) is 0.886. The summed E-state index contributed by atoms with van der Waals surface area (Å²) in [5.41, 5.74) is 8.15. The summed E-state index contributed by atoms with van der Waals surface area (Å²) in [6.07, 6.45) is 0. The van der Waals surface area contributed by atoms with Crippen LogP contribution in [0.25, 0.3) is 64.4 Å². The van der Waals surface area contributed by atoms with Gasteiger partial charge in [0.2, 0.25) is 0 Å². The van der Waals surface area contributed by atoms with Gasteiger partial charge in [0.05, 0.1) is 11.1 Å². The van der Waals surface area contributed by atoms with Crippen molar-refractivity contribution < 1.29 is 8.83 Å². The summed E-state index contributed by atoms with van der Waals surface area (Å²) in [7, 11) is 0. The van der Waals surface area contributed by atoms with Gasteiger partial charge >= 0.3 is 0 Å². The molecule has 0 radical (unpaired) electrons. The Hall–Kier alpha value is -5.32. The van der Waals surface area contributed by atoms with E-state index >= 15 is 0 Å². The van der Waals surface area contributed by atoms with Crippen molar-refractivity contribution in [1.82, 2.24) is 0 Å². The molecule has 0 spiro atoms. The zero-order valence-corrected chi connectivity index (χ0v) is 24.2. The first-order valence-electron chi connectivity index (χ1n) is 14.4. The van der Waals surface area contributed by atoms with Gasteiger partial charge in [-0.3, -0.25) is 0 Å². The number of para-hydroxylation sites is 2. The van der Waals surface area contributed by atoms with E-state index in [1.54, 1.807) is 0 Å². The highest BCUT2D eigenvalue weighted by Crippen LogP contribution is 2.46.